The summed E-state index contributed by atoms with van der Waals surface area (Å²) in [4.78, 5) is 15.8. The van der Waals surface area contributed by atoms with Crippen molar-refractivity contribution in [3.63, 3.8) is 0 Å². The highest BCUT2D eigenvalue weighted by atomic mass is 32.2. The fraction of sp³-hybridized carbons (Fsp3) is 0.429. The molecule has 0 bridgehead atoms. The molecule has 2 N–H and O–H groups in total. The second-order valence-corrected chi connectivity index (χ2v) is 5.48. The van der Waals surface area contributed by atoms with E-state index in [1.54, 1.807) is 11.8 Å². The Morgan fingerprint density at radius 3 is 2.95 bits per heavy atom. The van der Waals surface area contributed by atoms with E-state index in [4.69, 9.17) is 0 Å². The van der Waals surface area contributed by atoms with Crippen LogP contribution < -0.4 is 10.6 Å². The summed E-state index contributed by atoms with van der Waals surface area (Å²) >= 11 is 1.74. The van der Waals surface area contributed by atoms with Crippen molar-refractivity contribution in [1.29, 1.82) is 0 Å². The SMILES string of the molecule is CCNC(=O)CCNC1=NCC(c2ccccc2)S1. The van der Waals surface area contributed by atoms with Gasteiger partial charge in [-0.05, 0) is 12.5 Å². The van der Waals surface area contributed by atoms with Crippen LogP contribution in [-0.2, 0) is 4.79 Å². The summed E-state index contributed by atoms with van der Waals surface area (Å²) in [6, 6.07) is 10.4. The molecule has 4 nitrogen and oxygen atoms in total. The Balaban J connectivity index is 1.72. The number of amidine groups is 1. The maximum Gasteiger partial charge on any atom is 0.221 e. The molecule has 0 saturated heterocycles. The first-order valence-corrected chi connectivity index (χ1v) is 7.44. The molecule has 0 aromatic heterocycles. The summed E-state index contributed by atoms with van der Waals surface area (Å²) < 4.78 is 0. The number of hydrogen-bond donors (Lipinski definition) is 2. The number of carbonyl (C=O) groups excluding carboxylic acids is 1. The third-order valence-corrected chi connectivity index (χ3v) is 4.03. The van der Waals surface area contributed by atoms with E-state index >= 15 is 0 Å². The zero-order chi connectivity index (χ0) is 13.5. The van der Waals surface area contributed by atoms with Gasteiger partial charge in [-0.3, -0.25) is 9.79 Å². The van der Waals surface area contributed by atoms with Crippen LogP contribution in [0.3, 0.4) is 0 Å². The molecule has 0 saturated carbocycles. The van der Waals surface area contributed by atoms with Crippen LogP contribution in [-0.4, -0.2) is 30.7 Å². The predicted octanol–water partition coefficient (Wildman–Crippen LogP) is 1.95. The van der Waals surface area contributed by atoms with Crippen LogP contribution in [0, 0.1) is 0 Å². The number of amides is 1. The Bertz CT molecular complexity index is 447. The summed E-state index contributed by atoms with van der Waals surface area (Å²) in [5.74, 6) is 0.0817. The lowest BCUT2D eigenvalue weighted by Crippen LogP contribution is -2.28. The number of aliphatic imine (C=N–C) groups is 1. The third kappa shape index (κ3) is 4.28. The van der Waals surface area contributed by atoms with Crippen molar-refractivity contribution in [2.75, 3.05) is 19.6 Å². The monoisotopic (exact) mass is 277 g/mol. The average Bonchev–Trinajstić information content (AvgIpc) is 2.89. The fourth-order valence-corrected chi connectivity index (χ4v) is 2.93. The number of carbonyl (C=O) groups is 1. The van der Waals surface area contributed by atoms with Gasteiger partial charge in [0.1, 0.15) is 0 Å². The van der Waals surface area contributed by atoms with Crippen molar-refractivity contribution < 1.29 is 4.79 Å². The van der Waals surface area contributed by atoms with Gasteiger partial charge in [0.2, 0.25) is 5.91 Å². The van der Waals surface area contributed by atoms with Crippen LogP contribution in [0.2, 0.25) is 0 Å². The number of hydrogen-bond acceptors (Lipinski definition) is 4. The zero-order valence-corrected chi connectivity index (χ0v) is 11.9. The minimum absolute atomic E-state index is 0.0817. The number of rotatable bonds is 5. The van der Waals surface area contributed by atoms with Gasteiger partial charge < -0.3 is 10.6 Å². The first kappa shape index (κ1) is 13.9. The van der Waals surface area contributed by atoms with Crippen LogP contribution in [0.25, 0.3) is 0 Å². The highest BCUT2D eigenvalue weighted by molar-refractivity contribution is 8.14. The molecule has 1 aromatic rings. The van der Waals surface area contributed by atoms with E-state index in [1.807, 2.05) is 13.0 Å². The van der Waals surface area contributed by atoms with Gasteiger partial charge in [-0.25, -0.2) is 0 Å². The highest BCUT2D eigenvalue weighted by Crippen LogP contribution is 2.33. The van der Waals surface area contributed by atoms with Crippen LogP contribution in [0.15, 0.2) is 35.3 Å². The molecule has 0 fully saturated rings. The van der Waals surface area contributed by atoms with E-state index in [2.05, 4.69) is 39.9 Å². The van der Waals surface area contributed by atoms with Gasteiger partial charge in [0.25, 0.3) is 0 Å². The Morgan fingerprint density at radius 1 is 1.42 bits per heavy atom. The number of benzene rings is 1. The molecule has 1 atom stereocenters. The molecule has 1 heterocycles. The molecule has 0 radical (unpaired) electrons. The normalized spacial score (nSPS) is 17.9. The van der Waals surface area contributed by atoms with Gasteiger partial charge in [0, 0.05) is 19.5 Å². The molecule has 2 rings (SSSR count). The van der Waals surface area contributed by atoms with E-state index in [0.717, 1.165) is 11.7 Å². The Kier molecular flexibility index (Phi) is 5.27. The zero-order valence-electron chi connectivity index (χ0n) is 11.1. The largest absolute Gasteiger partial charge is 0.364 e. The summed E-state index contributed by atoms with van der Waals surface area (Å²) in [6.45, 7) is 4.05. The number of nitrogens with one attached hydrogen (secondary N) is 2. The first-order valence-electron chi connectivity index (χ1n) is 6.56. The lowest BCUT2D eigenvalue weighted by atomic mass is 10.1. The van der Waals surface area contributed by atoms with Crippen LogP contribution in [0.4, 0.5) is 0 Å². The van der Waals surface area contributed by atoms with Crippen molar-refractivity contribution in [2.45, 2.75) is 18.6 Å². The Hall–Kier alpha value is -1.49. The lowest BCUT2D eigenvalue weighted by molar-refractivity contribution is -0.120. The molecule has 5 heteroatoms. The Morgan fingerprint density at radius 2 is 2.21 bits per heavy atom. The standard InChI is InChI=1S/C14H19N3OS/c1-2-15-13(18)8-9-16-14-17-10-12(19-14)11-6-4-3-5-7-11/h3-7,12H,2,8-10H2,1H3,(H,15,18)(H,16,17). The van der Waals surface area contributed by atoms with Gasteiger partial charge in [-0.2, -0.15) is 0 Å². The van der Waals surface area contributed by atoms with Gasteiger partial charge in [0.05, 0.1) is 11.8 Å². The van der Waals surface area contributed by atoms with Crippen molar-refractivity contribution in [2.24, 2.45) is 4.99 Å². The predicted molar refractivity (Wildman–Crippen MR) is 80.4 cm³/mol. The molecular weight excluding hydrogens is 258 g/mol. The second kappa shape index (κ2) is 7.19. The van der Waals surface area contributed by atoms with Gasteiger partial charge in [-0.1, -0.05) is 42.1 Å². The minimum atomic E-state index is 0.0817. The van der Waals surface area contributed by atoms with E-state index in [0.29, 0.717) is 24.8 Å². The molecule has 1 unspecified atom stereocenters. The second-order valence-electron chi connectivity index (χ2n) is 4.29. The maximum absolute atomic E-state index is 11.3. The van der Waals surface area contributed by atoms with E-state index in [-0.39, 0.29) is 5.91 Å². The van der Waals surface area contributed by atoms with Crippen LogP contribution in [0.1, 0.15) is 24.2 Å². The maximum atomic E-state index is 11.3. The van der Waals surface area contributed by atoms with E-state index in [9.17, 15) is 4.79 Å². The molecule has 0 spiro atoms. The number of nitrogens with zero attached hydrogens (tertiary/aromatic N) is 1. The highest BCUT2D eigenvalue weighted by Gasteiger charge is 2.20. The average molecular weight is 277 g/mol. The van der Waals surface area contributed by atoms with Gasteiger partial charge in [0.15, 0.2) is 5.17 Å². The molecular formula is C14H19N3OS. The van der Waals surface area contributed by atoms with Gasteiger partial charge in [-0.15, -0.1) is 0 Å². The van der Waals surface area contributed by atoms with Crippen LogP contribution >= 0.6 is 11.8 Å². The van der Waals surface area contributed by atoms with Gasteiger partial charge >= 0.3 is 0 Å². The Labute approximate surface area is 118 Å². The lowest BCUT2D eigenvalue weighted by Gasteiger charge is -2.09. The van der Waals surface area contributed by atoms with E-state index < -0.39 is 0 Å². The molecule has 1 aliphatic heterocycles. The van der Waals surface area contributed by atoms with Crippen LogP contribution in [0.5, 0.6) is 0 Å². The molecule has 19 heavy (non-hydrogen) atoms. The minimum Gasteiger partial charge on any atom is -0.364 e. The smallest absolute Gasteiger partial charge is 0.221 e. The third-order valence-electron chi connectivity index (χ3n) is 2.83. The summed E-state index contributed by atoms with van der Waals surface area (Å²) in [6.07, 6.45) is 0.490. The summed E-state index contributed by atoms with van der Waals surface area (Å²) in [5, 5.41) is 7.34. The quantitative estimate of drug-likeness (QED) is 0.865. The van der Waals surface area contributed by atoms with Crippen molar-refractivity contribution >= 4 is 22.8 Å². The molecule has 1 aromatic carbocycles. The van der Waals surface area contributed by atoms with Crippen molar-refractivity contribution in [1.82, 2.24) is 10.6 Å². The topological polar surface area (TPSA) is 53.5 Å². The van der Waals surface area contributed by atoms with Crippen molar-refractivity contribution in [3.8, 4) is 0 Å². The summed E-state index contributed by atoms with van der Waals surface area (Å²) in [7, 11) is 0. The first-order chi connectivity index (χ1) is 9.29. The van der Waals surface area contributed by atoms with E-state index in [1.165, 1.54) is 5.56 Å². The molecule has 1 aliphatic rings. The van der Waals surface area contributed by atoms with Crippen molar-refractivity contribution in [3.05, 3.63) is 35.9 Å². The molecule has 102 valence electrons. The fourth-order valence-electron chi connectivity index (χ4n) is 1.88. The summed E-state index contributed by atoms with van der Waals surface area (Å²) in [5.41, 5.74) is 1.30. The molecule has 0 aliphatic carbocycles. The molecule has 1 amide bonds. The number of thioether (sulfide) groups is 1.